The summed E-state index contributed by atoms with van der Waals surface area (Å²) in [5.41, 5.74) is 2.87. The normalized spacial score (nSPS) is 10.6. The van der Waals surface area contributed by atoms with Crippen LogP contribution < -0.4 is 5.32 Å². The molecule has 1 aromatic carbocycles. The Morgan fingerprint density at radius 3 is 2.12 bits per heavy atom. The van der Waals surface area contributed by atoms with E-state index < -0.39 is 0 Å². The van der Waals surface area contributed by atoms with Gasteiger partial charge in [0.2, 0.25) is 0 Å². The maximum Gasteiger partial charge on any atom is 0.0205 e. The molecular formula is C15H25N. The smallest absolute Gasteiger partial charge is 0.0205 e. The summed E-state index contributed by atoms with van der Waals surface area (Å²) >= 11 is 0. The van der Waals surface area contributed by atoms with Crippen molar-refractivity contribution in [1.29, 1.82) is 0 Å². The summed E-state index contributed by atoms with van der Waals surface area (Å²) in [5, 5.41) is 3.47. The van der Waals surface area contributed by atoms with Crippen molar-refractivity contribution in [2.45, 2.75) is 52.5 Å². The fourth-order valence-electron chi connectivity index (χ4n) is 1.74. The van der Waals surface area contributed by atoms with Crippen LogP contribution in [-0.4, -0.2) is 6.54 Å². The van der Waals surface area contributed by atoms with Crippen molar-refractivity contribution in [3.63, 3.8) is 0 Å². The van der Waals surface area contributed by atoms with Gasteiger partial charge in [-0.15, -0.1) is 0 Å². The molecule has 1 rings (SSSR count). The first-order chi connectivity index (χ1) is 7.86. The molecule has 1 nitrogen and oxygen atoms in total. The maximum absolute atomic E-state index is 3.47. The molecule has 0 spiro atoms. The largest absolute Gasteiger partial charge is 0.313 e. The van der Waals surface area contributed by atoms with Gasteiger partial charge in [0.15, 0.2) is 0 Å². The summed E-state index contributed by atoms with van der Waals surface area (Å²) in [4.78, 5) is 0. The Hall–Kier alpha value is -0.820. The molecule has 0 saturated carbocycles. The Bertz CT molecular complexity index is 263. The minimum atomic E-state index is 1.01. The average molecular weight is 219 g/mol. The van der Waals surface area contributed by atoms with Crippen LogP contribution in [0.2, 0.25) is 0 Å². The Morgan fingerprint density at radius 1 is 0.875 bits per heavy atom. The van der Waals surface area contributed by atoms with Gasteiger partial charge in [-0.25, -0.2) is 0 Å². The average Bonchev–Trinajstić information content (AvgIpc) is 2.33. The van der Waals surface area contributed by atoms with Gasteiger partial charge in [0, 0.05) is 6.54 Å². The van der Waals surface area contributed by atoms with E-state index >= 15 is 0 Å². The maximum atomic E-state index is 3.47. The van der Waals surface area contributed by atoms with E-state index in [0.29, 0.717) is 0 Å². The summed E-state index contributed by atoms with van der Waals surface area (Å²) in [6.07, 6.45) is 6.34. The van der Waals surface area contributed by atoms with E-state index in [1.54, 1.807) is 0 Å². The first kappa shape index (κ1) is 13.2. The third kappa shape index (κ3) is 5.32. The van der Waals surface area contributed by atoms with Crippen molar-refractivity contribution in [2.75, 3.05) is 6.54 Å². The van der Waals surface area contributed by atoms with Crippen LogP contribution in [0.15, 0.2) is 24.3 Å². The highest BCUT2D eigenvalue weighted by Crippen LogP contribution is 2.07. The molecule has 1 N–H and O–H groups in total. The zero-order valence-electron chi connectivity index (χ0n) is 10.8. The first-order valence-electron chi connectivity index (χ1n) is 6.65. The van der Waals surface area contributed by atoms with Crippen LogP contribution in [0.25, 0.3) is 0 Å². The van der Waals surface area contributed by atoms with Crippen molar-refractivity contribution >= 4 is 0 Å². The van der Waals surface area contributed by atoms with Gasteiger partial charge in [-0.2, -0.15) is 0 Å². The molecule has 0 amide bonds. The fraction of sp³-hybridized carbons (Fsp3) is 0.600. The minimum absolute atomic E-state index is 1.01. The van der Waals surface area contributed by atoms with Gasteiger partial charge in [0.05, 0.1) is 0 Å². The lowest BCUT2D eigenvalue weighted by Crippen LogP contribution is -2.14. The molecule has 0 aromatic heterocycles. The van der Waals surface area contributed by atoms with E-state index in [1.807, 2.05) is 0 Å². The van der Waals surface area contributed by atoms with Gasteiger partial charge in [-0.05, 0) is 36.9 Å². The highest BCUT2D eigenvalue weighted by Gasteiger charge is 1.94. The van der Waals surface area contributed by atoms with Gasteiger partial charge in [-0.3, -0.25) is 0 Å². The second kappa shape index (κ2) is 8.35. The van der Waals surface area contributed by atoms with Gasteiger partial charge < -0.3 is 5.32 Å². The predicted octanol–water partition coefficient (Wildman–Crippen LogP) is 3.92. The van der Waals surface area contributed by atoms with E-state index in [2.05, 4.69) is 43.4 Å². The van der Waals surface area contributed by atoms with Crippen LogP contribution in [0.4, 0.5) is 0 Å². The van der Waals surface area contributed by atoms with Crippen LogP contribution >= 0.6 is 0 Å². The third-order valence-corrected chi connectivity index (χ3v) is 2.88. The number of hydrogen-bond donors (Lipinski definition) is 1. The first-order valence-corrected chi connectivity index (χ1v) is 6.65. The summed E-state index contributed by atoms with van der Waals surface area (Å²) in [7, 11) is 0. The number of rotatable bonds is 8. The Labute approximate surface area is 100 Å². The Morgan fingerprint density at radius 2 is 1.50 bits per heavy atom. The van der Waals surface area contributed by atoms with Crippen molar-refractivity contribution < 1.29 is 0 Å². The molecule has 0 radical (unpaired) electrons. The van der Waals surface area contributed by atoms with E-state index in [-0.39, 0.29) is 0 Å². The van der Waals surface area contributed by atoms with Crippen molar-refractivity contribution in [3.8, 4) is 0 Å². The van der Waals surface area contributed by atoms with Crippen molar-refractivity contribution in [3.05, 3.63) is 35.4 Å². The van der Waals surface area contributed by atoms with Gasteiger partial charge in [0.1, 0.15) is 0 Å². The number of nitrogens with one attached hydrogen (secondary N) is 1. The second-order valence-electron chi connectivity index (χ2n) is 4.45. The standard InChI is InChI=1S/C15H25N/c1-3-5-7-14-8-10-15(11-9-14)13-16-12-6-4-2/h8-11,16H,3-7,12-13H2,1-2H3. The molecule has 90 valence electrons. The Kier molecular flexibility index (Phi) is 6.91. The number of unbranched alkanes of at least 4 members (excludes halogenated alkanes) is 2. The Balaban J connectivity index is 2.27. The molecule has 0 atom stereocenters. The number of aryl methyl sites for hydroxylation is 1. The summed E-state index contributed by atoms with van der Waals surface area (Å²) in [5.74, 6) is 0. The highest BCUT2D eigenvalue weighted by molar-refractivity contribution is 5.22. The minimum Gasteiger partial charge on any atom is -0.313 e. The molecule has 0 heterocycles. The van der Waals surface area contributed by atoms with E-state index in [1.165, 1.54) is 43.2 Å². The van der Waals surface area contributed by atoms with E-state index in [4.69, 9.17) is 0 Å². The van der Waals surface area contributed by atoms with Crippen molar-refractivity contribution in [1.82, 2.24) is 5.32 Å². The molecule has 1 aromatic rings. The van der Waals surface area contributed by atoms with Crippen LogP contribution in [0, 0.1) is 0 Å². The summed E-state index contributed by atoms with van der Waals surface area (Å²) in [6, 6.07) is 9.05. The zero-order valence-corrected chi connectivity index (χ0v) is 10.8. The highest BCUT2D eigenvalue weighted by atomic mass is 14.8. The van der Waals surface area contributed by atoms with Crippen LogP contribution in [0.3, 0.4) is 0 Å². The lowest BCUT2D eigenvalue weighted by molar-refractivity contribution is 0.641. The molecule has 1 heteroatoms. The third-order valence-electron chi connectivity index (χ3n) is 2.88. The lowest BCUT2D eigenvalue weighted by Gasteiger charge is -2.05. The zero-order chi connectivity index (χ0) is 11.6. The fourth-order valence-corrected chi connectivity index (χ4v) is 1.74. The quantitative estimate of drug-likeness (QED) is 0.653. The van der Waals surface area contributed by atoms with Crippen LogP contribution in [0.5, 0.6) is 0 Å². The molecule has 0 aliphatic rings. The molecular weight excluding hydrogens is 194 g/mol. The van der Waals surface area contributed by atoms with Crippen LogP contribution in [-0.2, 0) is 13.0 Å². The van der Waals surface area contributed by atoms with Gasteiger partial charge in [0.25, 0.3) is 0 Å². The molecule has 0 aliphatic heterocycles. The predicted molar refractivity (Wildman–Crippen MR) is 71.7 cm³/mol. The van der Waals surface area contributed by atoms with Crippen LogP contribution in [0.1, 0.15) is 50.7 Å². The molecule has 0 aliphatic carbocycles. The molecule has 0 bridgehead atoms. The van der Waals surface area contributed by atoms with E-state index in [0.717, 1.165) is 13.1 Å². The van der Waals surface area contributed by atoms with E-state index in [9.17, 15) is 0 Å². The SMILES string of the molecule is CCCCNCc1ccc(CCCC)cc1. The lowest BCUT2D eigenvalue weighted by atomic mass is 10.1. The summed E-state index contributed by atoms with van der Waals surface area (Å²) in [6.45, 7) is 6.61. The second-order valence-corrected chi connectivity index (χ2v) is 4.45. The monoisotopic (exact) mass is 219 g/mol. The van der Waals surface area contributed by atoms with Gasteiger partial charge >= 0.3 is 0 Å². The molecule has 0 saturated heterocycles. The molecule has 0 unspecified atom stereocenters. The molecule has 16 heavy (non-hydrogen) atoms. The van der Waals surface area contributed by atoms with Crippen molar-refractivity contribution in [2.24, 2.45) is 0 Å². The summed E-state index contributed by atoms with van der Waals surface area (Å²) < 4.78 is 0. The topological polar surface area (TPSA) is 12.0 Å². The molecule has 0 fully saturated rings. The number of hydrogen-bond acceptors (Lipinski definition) is 1. The van der Waals surface area contributed by atoms with Gasteiger partial charge in [-0.1, -0.05) is 51.0 Å². The number of benzene rings is 1.